The van der Waals surface area contributed by atoms with E-state index in [0.717, 1.165) is 17.0 Å². The highest BCUT2D eigenvalue weighted by Crippen LogP contribution is 2.44. The fraction of sp³-hybridized carbons (Fsp3) is 0.190. The number of nitrogens with zero attached hydrogens (tertiary/aromatic N) is 2. The molecule has 0 aromatic heterocycles. The van der Waals surface area contributed by atoms with Crippen LogP contribution in [0.1, 0.15) is 17.5 Å². The molecule has 0 bridgehead atoms. The predicted molar refractivity (Wildman–Crippen MR) is 101 cm³/mol. The Kier molecular flexibility index (Phi) is 4.41. The van der Waals surface area contributed by atoms with Crippen LogP contribution in [0.3, 0.4) is 0 Å². The van der Waals surface area contributed by atoms with E-state index in [0.29, 0.717) is 23.2 Å². The highest BCUT2D eigenvalue weighted by atomic mass is 19.2. The number of anilines is 1. The van der Waals surface area contributed by atoms with Crippen LogP contribution >= 0.6 is 0 Å². The summed E-state index contributed by atoms with van der Waals surface area (Å²) in [5.41, 5.74) is -0.717. The molecular formula is C21H17F2N3O3. The second-order valence-corrected chi connectivity index (χ2v) is 6.87. The molecule has 4 rings (SSSR count). The lowest BCUT2D eigenvalue weighted by Gasteiger charge is -2.22. The Labute approximate surface area is 165 Å². The number of carbonyl (C=O) groups excluding carboxylic acids is 3. The molecule has 1 unspecified atom stereocenters. The molecule has 8 heteroatoms. The molecule has 0 aliphatic carbocycles. The third-order valence-electron chi connectivity index (χ3n) is 5.15. The zero-order valence-electron chi connectivity index (χ0n) is 15.3. The highest BCUT2D eigenvalue weighted by molar-refractivity contribution is 6.27. The Morgan fingerprint density at radius 3 is 2.45 bits per heavy atom. The van der Waals surface area contributed by atoms with Crippen molar-refractivity contribution in [1.29, 1.82) is 0 Å². The third-order valence-corrected chi connectivity index (χ3v) is 5.15. The fourth-order valence-electron chi connectivity index (χ4n) is 3.76. The summed E-state index contributed by atoms with van der Waals surface area (Å²) in [6.45, 7) is 3.61. The standard InChI is InChI=1S/C21H17F2N3O3/c1-2-3-10-25-18(27)21(24-20(25)29)14-6-4-5-7-17(14)26(19(21)28)12-13-8-9-15(22)16(23)11-13/h2,4-9,11H,1,3,10,12H2,(H,24,29). The molecule has 2 heterocycles. The maximum Gasteiger partial charge on any atom is 0.325 e. The van der Waals surface area contributed by atoms with Crippen LogP contribution in [0.5, 0.6) is 0 Å². The molecule has 2 aliphatic rings. The number of amides is 4. The molecule has 1 N–H and O–H groups in total. The predicted octanol–water partition coefficient (Wildman–Crippen LogP) is 2.83. The summed E-state index contributed by atoms with van der Waals surface area (Å²) in [6.07, 6.45) is 1.97. The fourth-order valence-corrected chi connectivity index (χ4v) is 3.76. The molecule has 4 amide bonds. The van der Waals surface area contributed by atoms with Crippen LogP contribution in [0.4, 0.5) is 19.3 Å². The van der Waals surface area contributed by atoms with Crippen molar-refractivity contribution < 1.29 is 23.2 Å². The topological polar surface area (TPSA) is 69.7 Å². The van der Waals surface area contributed by atoms with E-state index in [1.54, 1.807) is 30.3 Å². The molecule has 2 aromatic carbocycles. The Morgan fingerprint density at radius 1 is 1.00 bits per heavy atom. The van der Waals surface area contributed by atoms with Gasteiger partial charge in [0.2, 0.25) is 5.54 Å². The molecule has 6 nitrogen and oxygen atoms in total. The maximum absolute atomic E-state index is 13.6. The molecule has 29 heavy (non-hydrogen) atoms. The van der Waals surface area contributed by atoms with Crippen LogP contribution in [0, 0.1) is 11.6 Å². The maximum atomic E-state index is 13.6. The number of fused-ring (bicyclic) bond motifs is 2. The summed E-state index contributed by atoms with van der Waals surface area (Å²) in [4.78, 5) is 41.3. The van der Waals surface area contributed by atoms with Crippen LogP contribution in [0.2, 0.25) is 0 Å². The van der Waals surface area contributed by atoms with Crippen LogP contribution in [0.25, 0.3) is 0 Å². The normalized spacial score (nSPS) is 20.4. The van der Waals surface area contributed by atoms with Gasteiger partial charge in [0.25, 0.3) is 11.8 Å². The quantitative estimate of drug-likeness (QED) is 0.479. The van der Waals surface area contributed by atoms with Crippen LogP contribution in [-0.2, 0) is 21.7 Å². The summed E-state index contributed by atoms with van der Waals surface area (Å²) in [6, 6.07) is 9.30. The summed E-state index contributed by atoms with van der Waals surface area (Å²) >= 11 is 0. The third kappa shape index (κ3) is 2.71. The molecule has 0 saturated carbocycles. The molecule has 1 spiro atoms. The number of halogens is 2. The second-order valence-electron chi connectivity index (χ2n) is 6.87. The van der Waals surface area contributed by atoms with Gasteiger partial charge in [-0.3, -0.25) is 14.5 Å². The minimum atomic E-state index is -1.85. The van der Waals surface area contributed by atoms with Crippen LogP contribution in [-0.4, -0.2) is 29.3 Å². The van der Waals surface area contributed by atoms with Gasteiger partial charge in [0, 0.05) is 12.1 Å². The monoisotopic (exact) mass is 397 g/mol. The van der Waals surface area contributed by atoms with Gasteiger partial charge in [-0.15, -0.1) is 6.58 Å². The largest absolute Gasteiger partial charge is 0.325 e. The Bertz CT molecular complexity index is 1060. The van der Waals surface area contributed by atoms with Crippen molar-refractivity contribution in [2.24, 2.45) is 0 Å². The van der Waals surface area contributed by atoms with Gasteiger partial charge in [-0.2, -0.15) is 0 Å². The van der Waals surface area contributed by atoms with Crippen molar-refractivity contribution in [2.75, 3.05) is 11.4 Å². The van der Waals surface area contributed by atoms with Crippen molar-refractivity contribution in [2.45, 2.75) is 18.5 Å². The molecule has 0 radical (unpaired) electrons. The second kappa shape index (κ2) is 6.80. The van der Waals surface area contributed by atoms with Gasteiger partial charge >= 0.3 is 6.03 Å². The average Bonchev–Trinajstić information content (AvgIpc) is 3.10. The summed E-state index contributed by atoms with van der Waals surface area (Å²) in [7, 11) is 0. The number of nitrogens with one attached hydrogen (secondary N) is 1. The Balaban J connectivity index is 1.75. The van der Waals surface area contributed by atoms with Gasteiger partial charge in [0.1, 0.15) is 0 Å². The lowest BCUT2D eigenvalue weighted by Crippen LogP contribution is -2.52. The van der Waals surface area contributed by atoms with Gasteiger partial charge in [-0.1, -0.05) is 30.3 Å². The molecule has 1 atom stereocenters. The minimum absolute atomic E-state index is 0.0788. The van der Waals surface area contributed by atoms with Gasteiger partial charge < -0.3 is 10.2 Å². The molecule has 1 fully saturated rings. The van der Waals surface area contributed by atoms with Crippen LogP contribution < -0.4 is 10.2 Å². The zero-order chi connectivity index (χ0) is 20.8. The number of hydrogen-bond donors (Lipinski definition) is 1. The van der Waals surface area contributed by atoms with Crippen molar-refractivity contribution in [3.8, 4) is 0 Å². The first kappa shape index (κ1) is 18.8. The van der Waals surface area contributed by atoms with E-state index >= 15 is 0 Å². The molecule has 1 saturated heterocycles. The number of rotatable bonds is 5. The van der Waals surface area contributed by atoms with Gasteiger partial charge in [-0.25, -0.2) is 13.6 Å². The van der Waals surface area contributed by atoms with Crippen molar-refractivity contribution in [1.82, 2.24) is 10.2 Å². The Morgan fingerprint density at radius 2 is 1.72 bits per heavy atom. The number of carbonyl (C=O) groups is 3. The Hall–Kier alpha value is -3.55. The molecule has 148 valence electrons. The number of benzene rings is 2. The SMILES string of the molecule is C=CCCN1C(=O)NC2(C1=O)C(=O)N(Cc1ccc(F)c(F)c1)c1ccccc12. The number of hydrogen-bond acceptors (Lipinski definition) is 3. The summed E-state index contributed by atoms with van der Waals surface area (Å²) in [5.74, 6) is -3.31. The van der Waals surface area contributed by atoms with Gasteiger partial charge in [-0.05, 0) is 30.2 Å². The first-order valence-electron chi connectivity index (χ1n) is 9.00. The molecule has 2 aliphatic heterocycles. The van der Waals surface area contributed by atoms with Gasteiger partial charge in [0.15, 0.2) is 11.6 Å². The van der Waals surface area contributed by atoms with Crippen molar-refractivity contribution in [3.63, 3.8) is 0 Å². The van der Waals surface area contributed by atoms with E-state index in [2.05, 4.69) is 11.9 Å². The summed E-state index contributed by atoms with van der Waals surface area (Å²) < 4.78 is 26.9. The number of imide groups is 1. The molecular weight excluding hydrogens is 380 g/mol. The zero-order valence-corrected chi connectivity index (χ0v) is 15.3. The van der Waals surface area contributed by atoms with E-state index in [4.69, 9.17) is 0 Å². The van der Waals surface area contributed by atoms with E-state index in [-0.39, 0.29) is 13.1 Å². The number of urea groups is 1. The van der Waals surface area contributed by atoms with E-state index in [1.165, 1.54) is 11.0 Å². The van der Waals surface area contributed by atoms with E-state index in [9.17, 15) is 23.2 Å². The van der Waals surface area contributed by atoms with Crippen molar-refractivity contribution in [3.05, 3.63) is 77.9 Å². The lowest BCUT2D eigenvalue weighted by molar-refractivity contribution is -0.138. The lowest BCUT2D eigenvalue weighted by atomic mass is 9.91. The van der Waals surface area contributed by atoms with Crippen molar-refractivity contribution >= 4 is 23.5 Å². The minimum Gasteiger partial charge on any atom is -0.311 e. The van der Waals surface area contributed by atoms with Gasteiger partial charge in [0.05, 0.1) is 12.2 Å². The first-order valence-corrected chi connectivity index (χ1v) is 9.00. The average molecular weight is 397 g/mol. The smallest absolute Gasteiger partial charge is 0.311 e. The first-order chi connectivity index (χ1) is 13.9. The van der Waals surface area contributed by atoms with E-state index in [1.807, 2.05) is 0 Å². The molecule has 2 aromatic rings. The van der Waals surface area contributed by atoms with Crippen LogP contribution in [0.15, 0.2) is 55.1 Å². The number of para-hydroxylation sites is 1. The van der Waals surface area contributed by atoms with E-state index < -0.39 is 35.0 Å². The highest BCUT2D eigenvalue weighted by Gasteiger charge is 2.63. The summed E-state index contributed by atoms with van der Waals surface area (Å²) in [5, 5.41) is 2.56.